The topological polar surface area (TPSA) is 12.5 Å². The third-order valence-electron chi connectivity index (χ3n) is 2.35. The van der Waals surface area contributed by atoms with Gasteiger partial charge in [-0.3, -0.25) is 0 Å². The fourth-order valence-corrected chi connectivity index (χ4v) is 1.95. The molecule has 0 saturated carbocycles. The summed E-state index contributed by atoms with van der Waals surface area (Å²) in [5.41, 5.74) is 0.0660. The summed E-state index contributed by atoms with van der Waals surface area (Å²) in [5.74, 6) is -1.07. The monoisotopic (exact) mass is 263 g/mol. The second-order valence-corrected chi connectivity index (χ2v) is 4.57. The molecule has 2 nitrogen and oxygen atoms in total. The Kier molecular flexibility index (Phi) is 5.82. The minimum atomic E-state index is -0.533. The summed E-state index contributed by atoms with van der Waals surface area (Å²) in [6, 6.07) is 3.85. The average molecular weight is 264 g/mol. The molecule has 0 fully saturated rings. The van der Waals surface area contributed by atoms with Crippen LogP contribution < -0.4 is 0 Å². The molecule has 1 unspecified atom stereocenters. The molecular weight excluding hydrogens is 248 g/mol. The highest BCUT2D eigenvalue weighted by atomic mass is 35.5. The molecule has 1 rings (SSSR count). The van der Waals surface area contributed by atoms with Crippen LogP contribution in [0.3, 0.4) is 0 Å². The molecule has 0 aliphatic rings. The molecule has 0 heterocycles. The highest BCUT2D eigenvalue weighted by Crippen LogP contribution is 2.14. The van der Waals surface area contributed by atoms with Crippen LogP contribution in [0.25, 0.3) is 0 Å². The van der Waals surface area contributed by atoms with Crippen LogP contribution in [-0.2, 0) is 11.3 Å². The van der Waals surface area contributed by atoms with Gasteiger partial charge in [-0.05, 0) is 19.2 Å². The summed E-state index contributed by atoms with van der Waals surface area (Å²) >= 11 is 5.97. The Labute approximate surface area is 105 Å². The van der Waals surface area contributed by atoms with Crippen LogP contribution in [0.5, 0.6) is 0 Å². The summed E-state index contributed by atoms with van der Waals surface area (Å²) < 4.78 is 31.6. The lowest BCUT2D eigenvalue weighted by Gasteiger charge is -2.20. The molecule has 1 aromatic carbocycles. The maximum atomic E-state index is 13.4. The zero-order valence-electron chi connectivity index (χ0n) is 9.92. The summed E-state index contributed by atoms with van der Waals surface area (Å²) in [7, 11) is 3.32. The lowest BCUT2D eigenvalue weighted by molar-refractivity contribution is 0.180. The van der Waals surface area contributed by atoms with E-state index in [9.17, 15) is 8.78 Å². The molecule has 0 amide bonds. The van der Waals surface area contributed by atoms with Crippen molar-refractivity contribution >= 4 is 11.6 Å². The highest BCUT2D eigenvalue weighted by Gasteiger charge is 2.13. The van der Waals surface area contributed by atoms with E-state index < -0.39 is 11.6 Å². The Balaban J connectivity index is 2.59. The minimum absolute atomic E-state index is 0.0660. The van der Waals surface area contributed by atoms with E-state index in [0.29, 0.717) is 13.2 Å². The Hall–Kier alpha value is -0.710. The van der Waals surface area contributed by atoms with Gasteiger partial charge in [-0.2, -0.15) is 0 Å². The summed E-state index contributed by atoms with van der Waals surface area (Å²) in [5, 5.41) is -0.195. The van der Waals surface area contributed by atoms with Gasteiger partial charge in [0.05, 0.1) is 12.0 Å². The third kappa shape index (κ3) is 4.58. The first kappa shape index (κ1) is 14.4. The number of alkyl halides is 1. The lowest BCUT2D eigenvalue weighted by atomic mass is 10.2. The SMILES string of the molecule is COCC(Cl)CN(C)Cc1c(F)cccc1F. The molecule has 0 spiro atoms. The molecule has 0 aliphatic carbocycles. The number of halogens is 3. The van der Waals surface area contributed by atoms with Crippen molar-refractivity contribution in [2.75, 3.05) is 27.3 Å². The minimum Gasteiger partial charge on any atom is -0.383 e. The fourth-order valence-electron chi connectivity index (χ4n) is 1.59. The Morgan fingerprint density at radius 2 is 1.94 bits per heavy atom. The fraction of sp³-hybridized carbons (Fsp3) is 0.500. The van der Waals surface area contributed by atoms with Gasteiger partial charge < -0.3 is 9.64 Å². The standard InChI is InChI=1S/C12H16ClF2NO/c1-16(6-9(13)8-17-2)7-10-11(14)4-3-5-12(10)15/h3-5,9H,6-8H2,1-2H3. The van der Waals surface area contributed by atoms with Gasteiger partial charge in [-0.1, -0.05) is 6.07 Å². The third-order valence-corrected chi connectivity index (χ3v) is 2.61. The molecule has 0 saturated heterocycles. The van der Waals surface area contributed by atoms with Crippen molar-refractivity contribution in [2.24, 2.45) is 0 Å². The lowest BCUT2D eigenvalue weighted by Crippen LogP contribution is -2.29. The largest absolute Gasteiger partial charge is 0.383 e. The van der Waals surface area contributed by atoms with Crippen LogP contribution in [0, 0.1) is 11.6 Å². The van der Waals surface area contributed by atoms with E-state index in [4.69, 9.17) is 16.3 Å². The van der Waals surface area contributed by atoms with E-state index >= 15 is 0 Å². The van der Waals surface area contributed by atoms with Gasteiger partial charge >= 0.3 is 0 Å². The van der Waals surface area contributed by atoms with Crippen molar-refractivity contribution in [1.82, 2.24) is 4.90 Å². The van der Waals surface area contributed by atoms with Gasteiger partial charge in [-0.15, -0.1) is 11.6 Å². The van der Waals surface area contributed by atoms with Crippen molar-refractivity contribution < 1.29 is 13.5 Å². The molecule has 0 N–H and O–H groups in total. The van der Waals surface area contributed by atoms with Crippen LogP contribution >= 0.6 is 11.6 Å². The molecule has 0 aromatic heterocycles. The van der Waals surface area contributed by atoms with Gasteiger partial charge in [-0.25, -0.2) is 8.78 Å². The molecular formula is C12H16ClF2NO. The predicted molar refractivity (Wildman–Crippen MR) is 64.2 cm³/mol. The predicted octanol–water partition coefficient (Wildman–Crippen LogP) is 2.65. The van der Waals surface area contributed by atoms with Crippen molar-refractivity contribution in [3.63, 3.8) is 0 Å². The number of ether oxygens (including phenoxy) is 1. The number of benzene rings is 1. The number of nitrogens with zero attached hydrogens (tertiary/aromatic N) is 1. The quantitative estimate of drug-likeness (QED) is 0.732. The Morgan fingerprint density at radius 3 is 2.47 bits per heavy atom. The summed E-state index contributed by atoms with van der Waals surface area (Å²) in [6.45, 7) is 1.10. The second kappa shape index (κ2) is 6.89. The van der Waals surface area contributed by atoms with Crippen molar-refractivity contribution in [1.29, 1.82) is 0 Å². The van der Waals surface area contributed by atoms with E-state index in [1.165, 1.54) is 18.2 Å². The first-order valence-corrected chi connectivity index (χ1v) is 5.72. The Bertz CT molecular complexity index is 342. The van der Waals surface area contributed by atoms with Gasteiger partial charge in [0.1, 0.15) is 11.6 Å². The summed E-state index contributed by atoms with van der Waals surface area (Å²) in [4.78, 5) is 1.76. The maximum Gasteiger partial charge on any atom is 0.130 e. The van der Waals surface area contributed by atoms with Gasteiger partial charge in [0.25, 0.3) is 0 Å². The van der Waals surface area contributed by atoms with Crippen molar-refractivity contribution in [3.8, 4) is 0 Å². The Morgan fingerprint density at radius 1 is 1.35 bits per heavy atom. The molecule has 1 atom stereocenters. The van der Waals surface area contributed by atoms with Crippen LogP contribution in [0.2, 0.25) is 0 Å². The number of methoxy groups -OCH3 is 1. The van der Waals surface area contributed by atoms with Crippen LogP contribution in [-0.4, -0.2) is 37.6 Å². The van der Waals surface area contributed by atoms with E-state index in [1.807, 2.05) is 0 Å². The first-order valence-electron chi connectivity index (χ1n) is 5.29. The van der Waals surface area contributed by atoms with E-state index in [0.717, 1.165) is 0 Å². The molecule has 96 valence electrons. The number of hydrogen-bond acceptors (Lipinski definition) is 2. The van der Waals surface area contributed by atoms with Gasteiger partial charge in [0.2, 0.25) is 0 Å². The number of hydrogen-bond donors (Lipinski definition) is 0. The van der Waals surface area contributed by atoms with E-state index in [2.05, 4.69) is 0 Å². The second-order valence-electron chi connectivity index (χ2n) is 3.95. The molecule has 0 radical (unpaired) electrons. The molecule has 0 aliphatic heterocycles. The number of rotatable bonds is 6. The normalized spacial score (nSPS) is 13.1. The van der Waals surface area contributed by atoms with Crippen LogP contribution in [0.15, 0.2) is 18.2 Å². The average Bonchev–Trinajstić information content (AvgIpc) is 2.24. The molecule has 1 aromatic rings. The van der Waals surface area contributed by atoms with E-state index in [-0.39, 0.29) is 17.5 Å². The van der Waals surface area contributed by atoms with Crippen molar-refractivity contribution in [2.45, 2.75) is 11.9 Å². The molecule has 0 bridgehead atoms. The first-order chi connectivity index (χ1) is 8.04. The van der Waals surface area contributed by atoms with Gasteiger partial charge in [0, 0.05) is 25.8 Å². The maximum absolute atomic E-state index is 13.4. The zero-order chi connectivity index (χ0) is 12.8. The molecule has 17 heavy (non-hydrogen) atoms. The molecule has 5 heteroatoms. The van der Waals surface area contributed by atoms with Gasteiger partial charge in [0.15, 0.2) is 0 Å². The summed E-state index contributed by atoms with van der Waals surface area (Å²) in [6.07, 6.45) is 0. The van der Waals surface area contributed by atoms with Crippen LogP contribution in [0.4, 0.5) is 8.78 Å². The highest BCUT2D eigenvalue weighted by molar-refractivity contribution is 6.20. The van der Waals surface area contributed by atoms with Crippen molar-refractivity contribution in [3.05, 3.63) is 35.4 Å². The zero-order valence-corrected chi connectivity index (χ0v) is 10.7. The smallest absolute Gasteiger partial charge is 0.130 e. The van der Waals surface area contributed by atoms with Crippen LogP contribution in [0.1, 0.15) is 5.56 Å². The van der Waals surface area contributed by atoms with E-state index in [1.54, 1.807) is 19.1 Å².